The second-order valence-electron chi connectivity index (χ2n) is 3.19. The second kappa shape index (κ2) is 4.16. The molecule has 2 aliphatic heterocycles. The summed E-state index contributed by atoms with van der Waals surface area (Å²) in [5, 5.41) is 0. The first-order valence-electron chi connectivity index (χ1n) is 4.65. The van der Waals surface area contributed by atoms with Gasteiger partial charge in [0.1, 0.15) is 12.5 Å². The van der Waals surface area contributed by atoms with Crippen molar-refractivity contribution in [2.75, 3.05) is 13.2 Å². The Morgan fingerprint density at radius 2 is 1.40 bits per heavy atom. The molecule has 0 aromatic carbocycles. The first kappa shape index (κ1) is 9.76. The van der Waals surface area contributed by atoms with Gasteiger partial charge in [-0.15, -0.1) is 0 Å². The lowest BCUT2D eigenvalue weighted by molar-refractivity contribution is -0.135. The number of esters is 2. The third kappa shape index (κ3) is 2.18. The highest BCUT2D eigenvalue weighted by Crippen LogP contribution is 2.15. The minimum absolute atomic E-state index is 0.359. The van der Waals surface area contributed by atoms with Crippen molar-refractivity contribution >= 4 is 11.9 Å². The maximum absolute atomic E-state index is 11.0. The van der Waals surface area contributed by atoms with Crippen LogP contribution in [0.1, 0.15) is 12.8 Å². The van der Waals surface area contributed by atoms with Crippen LogP contribution < -0.4 is 0 Å². The summed E-state index contributed by atoms with van der Waals surface area (Å²) in [6.07, 6.45) is 3.72. The molecule has 0 saturated carbocycles. The minimum Gasteiger partial charge on any atom is -0.472 e. The first-order valence-corrected chi connectivity index (χ1v) is 4.65. The van der Waals surface area contributed by atoms with Gasteiger partial charge in [0.25, 0.3) is 0 Å². The smallest absolute Gasteiger partial charge is 0.337 e. The molecule has 0 aromatic rings. The van der Waals surface area contributed by atoms with E-state index in [1.54, 1.807) is 0 Å². The molecule has 0 N–H and O–H groups in total. The van der Waals surface area contributed by atoms with Gasteiger partial charge in [-0.25, -0.2) is 9.59 Å². The lowest BCUT2D eigenvalue weighted by atomic mass is 10.2. The monoisotopic (exact) mass is 210 g/mol. The van der Waals surface area contributed by atoms with Gasteiger partial charge in [-0.2, -0.15) is 0 Å². The topological polar surface area (TPSA) is 61.8 Å². The fourth-order valence-electron chi connectivity index (χ4n) is 1.31. The Morgan fingerprint density at radius 3 is 1.73 bits per heavy atom. The summed E-state index contributed by atoms with van der Waals surface area (Å²) in [6, 6.07) is 0. The van der Waals surface area contributed by atoms with Crippen molar-refractivity contribution in [1.82, 2.24) is 0 Å². The third-order valence-corrected chi connectivity index (χ3v) is 2.15. The molecule has 0 atom stereocenters. The predicted octanol–water partition coefficient (Wildman–Crippen LogP) is 0.665. The summed E-state index contributed by atoms with van der Waals surface area (Å²) in [6.45, 7) is 0.791. The SMILES string of the molecule is O=C1OCC/C1=C\O/C=C1\CCOC1=O. The van der Waals surface area contributed by atoms with E-state index in [-0.39, 0.29) is 11.9 Å². The number of rotatable bonds is 2. The number of cyclic esters (lactones) is 2. The molecule has 0 unspecified atom stereocenters. The molecule has 2 saturated heterocycles. The van der Waals surface area contributed by atoms with E-state index in [9.17, 15) is 9.59 Å². The van der Waals surface area contributed by atoms with Crippen molar-refractivity contribution in [3.05, 3.63) is 23.7 Å². The summed E-state index contributed by atoms with van der Waals surface area (Å²) in [4.78, 5) is 22.0. The van der Waals surface area contributed by atoms with Gasteiger partial charge in [-0.1, -0.05) is 0 Å². The Bertz CT molecular complexity index is 319. The lowest BCUT2D eigenvalue weighted by Gasteiger charge is -1.94. The quantitative estimate of drug-likeness (QED) is 0.380. The van der Waals surface area contributed by atoms with Gasteiger partial charge in [0.2, 0.25) is 0 Å². The zero-order valence-electron chi connectivity index (χ0n) is 8.02. The molecule has 0 aromatic heterocycles. The zero-order valence-corrected chi connectivity index (χ0v) is 8.02. The summed E-state index contributed by atoms with van der Waals surface area (Å²) in [7, 11) is 0. The van der Waals surface area contributed by atoms with Crippen molar-refractivity contribution < 1.29 is 23.8 Å². The minimum atomic E-state index is -0.359. The molecule has 0 aliphatic carbocycles. The molecule has 0 bridgehead atoms. The van der Waals surface area contributed by atoms with Crippen LogP contribution in [0.4, 0.5) is 0 Å². The molecular weight excluding hydrogens is 200 g/mol. The first-order chi connectivity index (χ1) is 7.27. The molecular formula is C10H10O5. The Kier molecular flexibility index (Phi) is 2.71. The number of ether oxygens (including phenoxy) is 3. The van der Waals surface area contributed by atoms with Crippen molar-refractivity contribution in [2.24, 2.45) is 0 Å². The van der Waals surface area contributed by atoms with Gasteiger partial charge in [0, 0.05) is 12.8 Å². The molecule has 2 heterocycles. The van der Waals surface area contributed by atoms with Crippen LogP contribution in [0.5, 0.6) is 0 Å². The van der Waals surface area contributed by atoms with Crippen LogP contribution >= 0.6 is 0 Å². The average Bonchev–Trinajstić information content (AvgIpc) is 2.78. The van der Waals surface area contributed by atoms with Gasteiger partial charge in [-0.3, -0.25) is 0 Å². The van der Waals surface area contributed by atoms with E-state index in [0.29, 0.717) is 37.2 Å². The Balaban J connectivity index is 1.93. The maximum Gasteiger partial charge on any atom is 0.337 e. The summed E-state index contributed by atoms with van der Waals surface area (Å²) >= 11 is 0. The van der Waals surface area contributed by atoms with E-state index in [4.69, 9.17) is 14.2 Å². The van der Waals surface area contributed by atoms with E-state index in [2.05, 4.69) is 0 Å². The summed E-state index contributed by atoms with van der Waals surface area (Å²) < 4.78 is 14.4. The molecule has 5 heteroatoms. The maximum atomic E-state index is 11.0. The fourth-order valence-corrected chi connectivity index (χ4v) is 1.31. The van der Waals surface area contributed by atoms with E-state index < -0.39 is 0 Å². The van der Waals surface area contributed by atoms with Crippen LogP contribution in [0.3, 0.4) is 0 Å². The molecule has 0 radical (unpaired) electrons. The normalized spacial score (nSPS) is 25.9. The average molecular weight is 210 g/mol. The Hall–Kier alpha value is -1.78. The van der Waals surface area contributed by atoms with Crippen LogP contribution in [0.25, 0.3) is 0 Å². The van der Waals surface area contributed by atoms with Crippen LogP contribution in [-0.2, 0) is 23.8 Å². The molecule has 2 fully saturated rings. The van der Waals surface area contributed by atoms with Gasteiger partial charge in [-0.05, 0) is 0 Å². The molecule has 5 nitrogen and oxygen atoms in total. The van der Waals surface area contributed by atoms with Crippen LogP contribution in [0, 0.1) is 0 Å². The molecule has 2 aliphatic rings. The Morgan fingerprint density at radius 1 is 0.933 bits per heavy atom. The van der Waals surface area contributed by atoms with Gasteiger partial charge >= 0.3 is 11.9 Å². The highest BCUT2D eigenvalue weighted by atomic mass is 16.5. The summed E-state index contributed by atoms with van der Waals surface area (Å²) in [5.74, 6) is -0.718. The largest absolute Gasteiger partial charge is 0.472 e. The predicted molar refractivity (Wildman–Crippen MR) is 48.4 cm³/mol. The number of carbonyl (C=O) groups excluding carboxylic acids is 2. The fraction of sp³-hybridized carbons (Fsp3) is 0.400. The molecule has 15 heavy (non-hydrogen) atoms. The van der Waals surface area contributed by atoms with E-state index in [0.717, 1.165) is 0 Å². The van der Waals surface area contributed by atoms with Crippen molar-refractivity contribution in [3.8, 4) is 0 Å². The van der Waals surface area contributed by atoms with Crippen molar-refractivity contribution in [1.29, 1.82) is 0 Å². The van der Waals surface area contributed by atoms with Crippen LogP contribution in [0.2, 0.25) is 0 Å². The summed E-state index contributed by atoms with van der Waals surface area (Å²) in [5.41, 5.74) is 0.969. The van der Waals surface area contributed by atoms with Gasteiger partial charge < -0.3 is 14.2 Å². The van der Waals surface area contributed by atoms with Crippen LogP contribution in [0.15, 0.2) is 23.7 Å². The third-order valence-electron chi connectivity index (χ3n) is 2.15. The highest BCUT2D eigenvalue weighted by Gasteiger charge is 2.20. The van der Waals surface area contributed by atoms with Gasteiger partial charge in [0.15, 0.2) is 0 Å². The highest BCUT2D eigenvalue weighted by molar-refractivity contribution is 5.90. The van der Waals surface area contributed by atoms with Gasteiger partial charge in [0.05, 0.1) is 24.4 Å². The number of hydrogen-bond donors (Lipinski definition) is 0. The van der Waals surface area contributed by atoms with E-state index in [1.165, 1.54) is 12.5 Å². The molecule has 2 rings (SSSR count). The Labute approximate surface area is 86.3 Å². The molecule has 0 spiro atoms. The van der Waals surface area contributed by atoms with Crippen molar-refractivity contribution in [3.63, 3.8) is 0 Å². The van der Waals surface area contributed by atoms with Crippen LogP contribution in [-0.4, -0.2) is 25.2 Å². The molecule has 0 amide bonds. The number of hydrogen-bond acceptors (Lipinski definition) is 5. The second-order valence-corrected chi connectivity index (χ2v) is 3.19. The van der Waals surface area contributed by atoms with E-state index in [1.807, 2.05) is 0 Å². The van der Waals surface area contributed by atoms with E-state index >= 15 is 0 Å². The lowest BCUT2D eigenvalue weighted by Crippen LogP contribution is -1.96. The zero-order chi connectivity index (χ0) is 10.7. The van der Waals surface area contributed by atoms with Crippen molar-refractivity contribution in [2.45, 2.75) is 12.8 Å². The standard InChI is InChI=1S/C10H10O5/c11-9-7(1-3-14-9)5-13-6-8-2-4-15-10(8)12/h5-6H,1-4H2/b7-5+,8-6+. The molecule has 80 valence electrons. The number of carbonyl (C=O) groups is 2.